The summed E-state index contributed by atoms with van der Waals surface area (Å²) in [6.45, 7) is 0. The standard InChI is InChI=1S/C17H16Cl2FNO/c1-21(2)15-9-11-12(7-10(18)8-13(11)19)17(15)22-16-6-4-3-5-14(16)20/h3-8,15,17H,9H2,1-2H3/t15-,17-/m0/s1. The van der Waals surface area contributed by atoms with Gasteiger partial charge in [0.1, 0.15) is 6.10 Å². The molecule has 2 atom stereocenters. The van der Waals surface area contributed by atoms with Gasteiger partial charge >= 0.3 is 0 Å². The zero-order valence-electron chi connectivity index (χ0n) is 12.3. The van der Waals surface area contributed by atoms with Crippen molar-refractivity contribution in [3.63, 3.8) is 0 Å². The molecule has 0 unspecified atom stereocenters. The number of rotatable bonds is 3. The van der Waals surface area contributed by atoms with Crippen molar-refractivity contribution in [1.29, 1.82) is 0 Å². The lowest BCUT2D eigenvalue weighted by atomic mass is 10.1. The van der Waals surface area contributed by atoms with Gasteiger partial charge in [-0.25, -0.2) is 4.39 Å². The smallest absolute Gasteiger partial charge is 0.165 e. The zero-order chi connectivity index (χ0) is 15.9. The summed E-state index contributed by atoms with van der Waals surface area (Å²) < 4.78 is 19.9. The van der Waals surface area contributed by atoms with Crippen LogP contribution in [0.4, 0.5) is 4.39 Å². The second-order valence-electron chi connectivity index (χ2n) is 5.66. The molecule has 0 saturated carbocycles. The van der Waals surface area contributed by atoms with E-state index in [9.17, 15) is 4.39 Å². The van der Waals surface area contributed by atoms with Crippen LogP contribution >= 0.6 is 23.2 Å². The molecule has 0 spiro atoms. The summed E-state index contributed by atoms with van der Waals surface area (Å²) in [5.41, 5.74) is 1.95. The van der Waals surface area contributed by atoms with E-state index in [0.717, 1.165) is 17.5 Å². The fraction of sp³-hybridized carbons (Fsp3) is 0.294. The topological polar surface area (TPSA) is 12.5 Å². The van der Waals surface area contributed by atoms with Crippen molar-refractivity contribution in [2.75, 3.05) is 14.1 Å². The van der Waals surface area contributed by atoms with Crippen molar-refractivity contribution in [1.82, 2.24) is 4.90 Å². The summed E-state index contributed by atoms with van der Waals surface area (Å²) in [5, 5.41) is 1.19. The number of hydrogen-bond donors (Lipinski definition) is 0. The third-order valence-corrected chi connectivity index (χ3v) is 4.57. The van der Waals surface area contributed by atoms with Crippen LogP contribution < -0.4 is 4.74 Å². The zero-order valence-corrected chi connectivity index (χ0v) is 13.8. The van der Waals surface area contributed by atoms with Gasteiger partial charge in [0.25, 0.3) is 0 Å². The molecule has 0 saturated heterocycles. The van der Waals surface area contributed by atoms with Gasteiger partial charge in [0.05, 0.1) is 6.04 Å². The average molecular weight is 340 g/mol. The van der Waals surface area contributed by atoms with Crippen molar-refractivity contribution in [3.05, 3.63) is 63.4 Å². The molecule has 1 aliphatic carbocycles. The Morgan fingerprint density at radius 2 is 1.91 bits per heavy atom. The number of hydrogen-bond acceptors (Lipinski definition) is 2. The van der Waals surface area contributed by atoms with Gasteiger partial charge in [-0.3, -0.25) is 0 Å². The molecule has 3 rings (SSSR count). The maximum Gasteiger partial charge on any atom is 0.165 e. The second kappa shape index (κ2) is 6.07. The van der Waals surface area contributed by atoms with Crippen LogP contribution in [0.1, 0.15) is 17.2 Å². The molecule has 2 nitrogen and oxygen atoms in total. The molecule has 0 N–H and O–H groups in total. The maximum absolute atomic E-state index is 13.9. The van der Waals surface area contributed by atoms with E-state index in [-0.39, 0.29) is 23.7 Å². The molecule has 0 radical (unpaired) electrons. The van der Waals surface area contributed by atoms with Crippen molar-refractivity contribution in [2.24, 2.45) is 0 Å². The fourth-order valence-electron chi connectivity index (χ4n) is 2.89. The van der Waals surface area contributed by atoms with Gasteiger partial charge in [0.15, 0.2) is 11.6 Å². The lowest BCUT2D eigenvalue weighted by Gasteiger charge is -2.27. The molecule has 0 bridgehead atoms. The van der Waals surface area contributed by atoms with E-state index < -0.39 is 0 Å². The number of para-hydroxylation sites is 1. The number of halogens is 3. The van der Waals surface area contributed by atoms with Crippen LogP contribution in [0.2, 0.25) is 10.0 Å². The van der Waals surface area contributed by atoms with Crippen molar-refractivity contribution in [3.8, 4) is 5.75 Å². The Hall–Kier alpha value is -1.29. The summed E-state index contributed by atoms with van der Waals surface area (Å²) in [6.07, 6.45) is 0.440. The number of ether oxygens (including phenoxy) is 1. The minimum Gasteiger partial charge on any atom is -0.481 e. The first kappa shape index (κ1) is 15.6. The highest BCUT2D eigenvalue weighted by atomic mass is 35.5. The minimum atomic E-state index is -0.374. The first-order valence-electron chi connectivity index (χ1n) is 7.03. The molecule has 2 aromatic carbocycles. The molecule has 1 aliphatic rings. The summed E-state index contributed by atoms with van der Waals surface area (Å²) >= 11 is 12.4. The summed E-state index contributed by atoms with van der Waals surface area (Å²) in [5.74, 6) is -0.134. The Kier molecular flexibility index (Phi) is 4.31. The molecule has 0 amide bonds. The Balaban J connectivity index is 2.03. The van der Waals surface area contributed by atoms with Crippen LogP contribution in [0, 0.1) is 5.82 Å². The van der Waals surface area contributed by atoms with Crippen LogP contribution in [0.15, 0.2) is 36.4 Å². The molecular weight excluding hydrogens is 324 g/mol. The Morgan fingerprint density at radius 1 is 1.18 bits per heavy atom. The fourth-order valence-corrected chi connectivity index (χ4v) is 3.47. The van der Waals surface area contributed by atoms with Gasteiger partial charge in [-0.2, -0.15) is 0 Å². The Labute approximate surface area is 139 Å². The van der Waals surface area contributed by atoms with Crippen molar-refractivity contribution in [2.45, 2.75) is 18.6 Å². The number of nitrogens with zero attached hydrogens (tertiary/aromatic N) is 1. The molecule has 22 heavy (non-hydrogen) atoms. The minimum absolute atomic E-state index is 0.0746. The SMILES string of the molecule is CN(C)[C@H]1Cc2c(Cl)cc(Cl)cc2[C@@H]1Oc1ccccc1F. The first-order valence-corrected chi connectivity index (χ1v) is 7.78. The molecular formula is C17H16Cl2FNO. The van der Waals surface area contributed by atoms with Crippen molar-refractivity contribution < 1.29 is 9.13 Å². The van der Waals surface area contributed by atoms with Crippen LogP contribution in [0.3, 0.4) is 0 Å². The van der Waals surface area contributed by atoms with E-state index in [0.29, 0.717) is 10.0 Å². The molecule has 0 fully saturated rings. The van der Waals surface area contributed by atoms with E-state index in [1.54, 1.807) is 24.3 Å². The van der Waals surface area contributed by atoms with Gasteiger partial charge < -0.3 is 9.64 Å². The molecule has 2 aromatic rings. The van der Waals surface area contributed by atoms with Crippen LogP contribution in [-0.4, -0.2) is 25.0 Å². The first-order chi connectivity index (χ1) is 10.5. The Morgan fingerprint density at radius 3 is 2.59 bits per heavy atom. The van der Waals surface area contributed by atoms with E-state index in [4.69, 9.17) is 27.9 Å². The molecule has 0 aromatic heterocycles. The van der Waals surface area contributed by atoms with E-state index in [2.05, 4.69) is 4.90 Å². The highest BCUT2D eigenvalue weighted by Crippen LogP contribution is 2.42. The van der Waals surface area contributed by atoms with Crippen LogP contribution in [0.25, 0.3) is 0 Å². The number of fused-ring (bicyclic) bond motifs is 1. The molecule has 116 valence electrons. The molecule has 0 aliphatic heterocycles. The van der Waals surface area contributed by atoms with E-state index in [1.807, 2.05) is 20.2 Å². The lowest BCUT2D eigenvalue weighted by Crippen LogP contribution is -2.34. The summed E-state index contributed by atoms with van der Waals surface area (Å²) in [6, 6.07) is 10.1. The monoisotopic (exact) mass is 339 g/mol. The third-order valence-electron chi connectivity index (χ3n) is 4.02. The normalized spacial score (nSPS) is 20.3. The van der Waals surface area contributed by atoms with Crippen molar-refractivity contribution >= 4 is 23.2 Å². The quantitative estimate of drug-likeness (QED) is 0.800. The number of likely N-dealkylation sites (N-methyl/N-ethyl adjacent to an activating group) is 1. The van der Waals surface area contributed by atoms with Crippen LogP contribution in [-0.2, 0) is 6.42 Å². The summed E-state index contributed by atoms with van der Waals surface area (Å²) in [4.78, 5) is 2.07. The van der Waals surface area contributed by atoms with E-state index >= 15 is 0 Å². The highest BCUT2D eigenvalue weighted by Gasteiger charge is 2.37. The highest BCUT2D eigenvalue weighted by molar-refractivity contribution is 6.35. The molecule has 5 heteroatoms. The largest absolute Gasteiger partial charge is 0.481 e. The molecule has 0 heterocycles. The predicted molar refractivity (Wildman–Crippen MR) is 87.4 cm³/mol. The Bertz CT molecular complexity index is 705. The number of benzene rings is 2. The van der Waals surface area contributed by atoms with Gasteiger partial charge in [-0.15, -0.1) is 0 Å². The average Bonchev–Trinajstić information content (AvgIpc) is 2.81. The maximum atomic E-state index is 13.9. The van der Waals surface area contributed by atoms with Gasteiger partial charge in [0.2, 0.25) is 0 Å². The third kappa shape index (κ3) is 2.81. The lowest BCUT2D eigenvalue weighted by molar-refractivity contribution is 0.107. The van der Waals surface area contributed by atoms with Crippen LogP contribution in [0.5, 0.6) is 5.75 Å². The predicted octanol–water partition coefficient (Wildman–Crippen LogP) is 4.74. The summed E-state index contributed by atoms with van der Waals surface area (Å²) in [7, 11) is 3.95. The van der Waals surface area contributed by atoms with Gasteiger partial charge in [-0.05, 0) is 50.3 Å². The van der Waals surface area contributed by atoms with E-state index in [1.165, 1.54) is 6.07 Å². The van der Waals surface area contributed by atoms with Gasteiger partial charge in [0, 0.05) is 15.6 Å². The van der Waals surface area contributed by atoms with Gasteiger partial charge in [-0.1, -0.05) is 35.3 Å². The second-order valence-corrected chi connectivity index (χ2v) is 6.50.